The maximum absolute atomic E-state index is 12.8. The summed E-state index contributed by atoms with van der Waals surface area (Å²) in [4.78, 5) is 27.1. The number of carbonyl (C=O) groups is 1. The molecule has 2 aromatic rings. The van der Waals surface area contributed by atoms with Gasteiger partial charge in [0.15, 0.2) is 0 Å². The van der Waals surface area contributed by atoms with Gasteiger partial charge in [0, 0.05) is 30.7 Å². The predicted octanol–water partition coefficient (Wildman–Crippen LogP) is 2.73. The molecule has 5 nitrogen and oxygen atoms in total. The smallest absolute Gasteiger partial charge is 0.257 e. The van der Waals surface area contributed by atoms with E-state index >= 15 is 0 Å². The van der Waals surface area contributed by atoms with Gasteiger partial charge < -0.3 is 4.90 Å². The van der Waals surface area contributed by atoms with Gasteiger partial charge in [-0.1, -0.05) is 0 Å². The van der Waals surface area contributed by atoms with Crippen LogP contribution in [0.15, 0.2) is 30.9 Å². The highest BCUT2D eigenvalue weighted by molar-refractivity contribution is 5.95. The molecule has 1 saturated heterocycles. The third-order valence-electron chi connectivity index (χ3n) is 4.51. The summed E-state index contributed by atoms with van der Waals surface area (Å²) in [6.45, 7) is 4.69. The van der Waals surface area contributed by atoms with Crippen molar-refractivity contribution in [3.8, 4) is 0 Å². The van der Waals surface area contributed by atoms with E-state index in [1.165, 1.54) is 11.9 Å². The summed E-state index contributed by atoms with van der Waals surface area (Å²) in [6, 6.07) is 4.48. The molecule has 23 heavy (non-hydrogen) atoms. The second-order valence-electron chi connectivity index (χ2n) is 6.16. The molecular weight excluding hydrogens is 288 g/mol. The Kier molecular flexibility index (Phi) is 4.65. The maximum atomic E-state index is 12.8. The molecule has 0 bridgehead atoms. The first-order valence-corrected chi connectivity index (χ1v) is 8.14. The highest BCUT2D eigenvalue weighted by Gasteiger charge is 2.30. The molecule has 1 aliphatic heterocycles. The maximum Gasteiger partial charge on any atom is 0.257 e. The number of likely N-dealkylation sites (tertiary alicyclic amines) is 1. The van der Waals surface area contributed by atoms with Gasteiger partial charge in [-0.05, 0) is 57.2 Å². The summed E-state index contributed by atoms with van der Waals surface area (Å²) >= 11 is 0. The van der Waals surface area contributed by atoms with Crippen LogP contribution < -0.4 is 0 Å². The first-order chi connectivity index (χ1) is 11.1. The van der Waals surface area contributed by atoms with Crippen molar-refractivity contribution in [1.29, 1.82) is 0 Å². The van der Waals surface area contributed by atoms with E-state index in [0.717, 1.165) is 43.6 Å². The summed E-state index contributed by atoms with van der Waals surface area (Å²) in [6.07, 6.45) is 9.07. The topological polar surface area (TPSA) is 59.0 Å². The van der Waals surface area contributed by atoms with Crippen molar-refractivity contribution < 1.29 is 4.79 Å². The van der Waals surface area contributed by atoms with Crippen LogP contribution in [0.25, 0.3) is 0 Å². The Bertz CT molecular complexity index is 701. The minimum Gasteiger partial charge on any atom is -0.336 e. The molecule has 1 aliphatic rings. The van der Waals surface area contributed by atoms with Crippen molar-refractivity contribution in [2.75, 3.05) is 6.54 Å². The highest BCUT2D eigenvalue weighted by atomic mass is 16.2. The van der Waals surface area contributed by atoms with Gasteiger partial charge in [-0.3, -0.25) is 9.78 Å². The standard InChI is InChI=1S/C18H22N4O/c1-13-10-15(7-8-20-13)5-6-16-4-3-9-22(16)18(23)17-11-19-12-21-14(17)2/h7-8,10-12,16H,3-6,9H2,1-2H3/t16-/m0/s1. The lowest BCUT2D eigenvalue weighted by atomic mass is 10.0. The first kappa shape index (κ1) is 15.6. The fourth-order valence-corrected chi connectivity index (χ4v) is 3.25. The molecule has 5 heteroatoms. The lowest BCUT2D eigenvalue weighted by Gasteiger charge is -2.25. The molecule has 3 rings (SSSR count). The van der Waals surface area contributed by atoms with Crippen LogP contribution in [0, 0.1) is 13.8 Å². The van der Waals surface area contributed by atoms with Crippen LogP contribution in [0.5, 0.6) is 0 Å². The molecule has 3 heterocycles. The second kappa shape index (κ2) is 6.86. The van der Waals surface area contributed by atoms with Crippen molar-refractivity contribution in [2.45, 2.75) is 45.6 Å². The number of aromatic nitrogens is 3. The Hall–Kier alpha value is -2.30. The van der Waals surface area contributed by atoms with Gasteiger partial charge in [0.25, 0.3) is 5.91 Å². The van der Waals surface area contributed by atoms with Crippen molar-refractivity contribution >= 4 is 5.91 Å². The fourth-order valence-electron chi connectivity index (χ4n) is 3.25. The normalized spacial score (nSPS) is 17.5. The Morgan fingerprint density at radius 2 is 2.22 bits per heavy atom. The number of amides is 1. The van der Waals surface area contributed by atoms with Gasteiger partial charge >= 0.3 is 0 Å². The molecule has 120 valence electrons. The summed E-state index contributed by atoms with van der Waals surface area (Å²) in [5, 5.41) is 0. The average molecular weight is 310 g/mol. The number of carbonyl (C=O) groups excluding carboxylic acids is 1. The third kappa shape index (κ3) is 3.55. The summed E-state index contributed by atoms with van der Waals surface area (Å²) in [7, 11) is 0. The lowest BCUT2D eigenvalue weighted by molar-refractivity contribution is 0.0729. The van der Waals surface area contributed by atoms with Crippen LogP contribution in [-0.2, 0) is 6.42 Å². The Balaban J connectivity index is 1.68. The largest absolute Gasteiger partial charge is 0.336 e. The molecule has 0 aromatic carbocycles. The van der Waals surface area contributed by atoms with E-state index in [0.29, 0.717) is 11.6 Å². The van der Waals surface area contributed by atoms with E-state index in [1.54, 1.807) is 6.20 Å². The zero-order valence-electron chi connectivity index (χ0n) is 13.7. The zero-order chi connectivity index (χ0) is 16.2. The van der Waals surface area contributed by atoms with Crippen LogP contribution >= 0.6 is 0 Å². The molecule has 0 aliphatic carbocycles. The Morgan fingerprint density at radius 3 is 3.00 bits per heavy atom. The Labute approximate surface area is 136 Å². The fraction of sp³-hybridized carbons (Fsp3) is 0.444. The average Bonchev–Trinajstić information content (AvgIpc) is 3.01. The molecule has 0 saturated carbocycles. The first-order valence-electron chi connectivity index (χ1n) is 8.14. The number of hydrogen-bond acceptors (Lipinski definition) is 4. The minimum atomic E-state index is 0.0662. The van der Waals surface area contributed by atoms with Crippen molar-refractivity contribution in [3.05, 3.63) is 53.4 Å². The van der Waals surface area contributed by atoms with Crippen LogP contribution in [0.1, 0.15) is 46.6 Å². The van der Waals surface area contributed by atoms with E-state index in [4.69, 9.17) is 0 Å². The molecule has 2 aromatic heterocycles. The molecule has 0 N–H and O–H groups in total. The van der Waals surface area contributed by atoms with Crippen molar-refractivity contribution in [1.82, 2.24) is 19.9 Å². The lowest BCUT2D eigenvalue weighted by Crippen LogP contribution is -2.36. The van der Waals surface area contributed by atoms with E-state index < -0.39 is 0 Å². The van der Waals surface area contributed by atoms with Gasteiger partial charge in [0.05, 0.1) is 11.3 Å². The van der Waals surface area contributed by atoms with Gasteiger partial charge in [-0.25, -0.2) is 9.97 Å². The van der Waals surface area contributed by atoms with Crippen LogP contribution in [0.2, 0.25) is 0 Å². The molecular formula is C18H22N4O. The number of aryl methyl sites for hydroxylation is 3. The predicted molar refractivity (Wildman–Crippen MR) is 88.1 cm³/mol. The third-order valence-corrected chi connectivity index (χ3v) is 4.51. The van der Waals surface area contributed by atoms with Gasteiger partial charge in [0.1, 0.15) is 6.33 Å². The molecule has 1 amide bonds. The molecule has 0 unspecified atom stereocenters. The summed E-state index contributed by atoms with van der Waals surface area (Å²) < 4.78 is 0. The monoisotopic (exact) mass is 310 g/mol. The minimum absolute atomic E-state index is 0.0662. The van der Waals surface area contributed by atoms with E-state index in [9.17, 15) is 4.79 Å². The van der Waals surface area contributed by atoms with Gasteiger partial charge in [-0.2, -0.15) is 0 Å². The number of nitrogens with zero attached hydrogens (tertiary/aromatic N) is 4. The van der Waals surface area contributed by atoms with Crippen LogP contribution in [0.3, 0.4) is 0 Å². The second-order valence-corrected chi connectivity index (χ2v) is 6.16. The van der Waals surface area contributed by atoms with E-state index in [2.05, 4.69) is 27.1 Å². The number of rotatable bonds is 4. The van der Waals surface area contributed by atoms with Crippen LogP contribution in [0.4, 0.5) is 0 Å². The molecule has 0 radical (unpaired) electrons. The number of hydrogen-bond donors (Lipinski definition) is 0. The molecule has 1 fully saturated rings. The van der Waals surface area contributed by atoms with Crippen molar-refractivity contribution in [3.63, 3.8) is 0 Å². The van der Waals surface area contributed by atoms with Crippen molar-refractivity contribution in [2.24, 2.45) is 0 Å². The van der Waals surface area contributed by atoms with Gasteiger partial charge in [0.2, 0.25) is 0 Å². The summed E-state index contributed by atoms with van der Waals surface area (Å²) in [5.41, 5.74) is 3.70. The van der Waals surface area contributed by atoms with E-state index in [-0.39, 0.29) is 5.91 Å². The van der Waals surface area contributed by atoms with Gasteiger partial charge in [-0.15, -0.1) is 0 Å². The highest BCUT2D eigenvalue weighted by Crippen LogP contribution is 2.24. The zero-order valence-corrected chi connectivity index (χ0v) is 13.7. The van der Waals surface area contributed by atoms with Crippen LogP contribution in [-0.4, -0.2) is 38.3 Å². The SMILES string of the molecule is Cc1cc(CC[C@@H]2CCCN2C(=O)c2cncnc2C)ccn1. The quantitative estimate of drug-likeness (QED) is 0.871. The molecule has 1 atom stereocenters. The summed E-state index contributed by atoms with van der Waals surface area (Å²) in [5.74, 6) is 0.0662. The number of pyridine rings is 1. The Morgan fingerprint density at radius 1 is 1.35 bits per heavy atom. The van der Waals surface area contributed by atoms with E-state index in [1.807, 2.05) is 24.9 Å². The molecule has 0 spiro atoms.